The molecule has 2 saturated heterocycles. The first-order valence-electron chi connectivity index (χ1n) is 18.8. The number of aromatic amines is 2. The minimum atomic E-state index is -0.759. The Labute approximate surface area is 317 Å². The predicted octanol–water partition coefficient (Wildman–Crippen LogP) is 6.49. The number of nitrogens with zero attached hydrogens (tertiary/aromatic N) is 4. The lowest BCUT2D eigenvalue weighted by Gasteiger charge is -2.29. The van der Waals surface area contributed by atoms with Crippen molar-refractivity contribution in [2.75, 3.05) is 27.3 Å². The molecule has 0 bridgehead atoms. The molecule has 4 atom stereocenters. The van der Waals surface area contributed by atoms with Gasteiger partial charge in [0.25, 0.3) is 0 Å². The summed E-state index contributed by atoms with van der Waals surface area (Å²) >= 11 is 0. The van der Waals surface area contributed by atoms with Crippen LogP contribution < -0.4 is 10.6 Å². The van der Waals surface area contributed by atoms with Gasteiger partial charge < -0.3 is 39.9 Å². The lowest BCUT2D eigenvalue weighted by Crippen LogP contribution is -2.51. The van der Waals surface area contributed by atoms with Crippen molar-refractivity contribution in [1.82, 2.24) is 40.4 Å². The van der Waals surface area contributed by atoms with E-state index in [9.17, 15) is 19.2 Å². The summed E-state index contributed by atoms with van der Waals surface area (Å²) in [5.74, 6) is 0.111. The second-order valence-electron chi connectivity index (χ2n) is 15.1. The maximum absolute atomic E-state index is 15.8. The third-order valence-electron chi connectivity index (χ3n) is 10.9. The molecule has 290 valence electrons. The van der Waals surface area contributed by atoms with E-state index in [4.69, 9.17) is 19.4 Å². The molecule has 2 aliphatic rings. The van der Waals surface area contributed by atoms with Gasteiger partial charge in [0.15, 0.2) is 0 Å². The molecular weight excluding hydrogens is 707 g/mol. The molecule has 0 radical (unpaired) electrons. The standard InChI is InChI=1S/C40H47FN8O6/c1-20(2)32(46-39(52)54-5)37(50)48-15-7-9-30(48)35-43-28-18-25(26(41)19-29(28)44-35)23-11-13-24-22(17-23)12-14-27-34(24)45-36(42-27)31-10-8-16-49(31)38(51)33(21(3)4)47-40(53)55-6/h11-14,17-21,30-33H,7-10,15-16H2,1-6H3,(H,42,45)(H,43,44)(H,46,52)(H,47,53)/t30-,31-,32-,33-/m0/s1. The van der Waals surface area contributed by atoms with Gasteiger partial charge in [-0.05, 0) is 66.7 Å². The number of alkyl carbamates (subject to hydrolysis) is 2. The van der Waals surface area contributed by atoms with Gasteiger partial charge in [-0.2, -0.15) is 0 Å². The van der Waals surface area contributed by atoms with Gasteiger partial charge in [0, 0.05) is 30.1 Å². The van der Waals surface area contributed by atoms with E-state index >= 15 is 4.39 Å². The third-order valence-corrected chi connectivity index (χ3v) is 10.9. The number of halogens is 1. The number of H-pyrrole nitrogens is 2. The van der Waals surface area contributed by atoms with Crippen molar-refractivity contribution in [1.29, 1.82) is 0 Å². The van der Waals surface area contributed by atoms with Gasteiger partial charge >= 0.3 is 12.2 Å². The summed E-state index contributed by atoms with van der Waals surface area (Å²) in [5.41, 5.74) is 3.75. The molecule has 2 aliphatic heterocycles. The molecule has 0 aliphatic carbocycles. The molecule has 15 heteroatoms. The predicted molar refractivity (Wildman–Crippen MR) is 204 cm³/mol. The summed E-state index contributed by atoms with van der Waals surface area (Å²) < 4.78 is 25.3. The molecular formula is C40H47FN8O6. The molecule has 14 nitrogen and oxygen atoms in total. The normalized spacial score (nSPS) is 18.4. The first-order chi connectivity index (χ1) is 26.4. The molecule has 2 fully saturated rings. The average Bonchev–Trinajstić information content (AvgIpc) is 3.99. The highest BCUT2D eigenvalue weighted by Gasteiger charge is 2.39. The van der Waals surface area contributed by atoms with E-state index in [-0.39, 0.29) is 35.7 Å². The number of aromatic nitrogens is 4. The smallest absolute Gasteiger partial charge is 0.407 e. The molecule has 2 aromatic heterocycles. The van der Waals surface area contributed by atoms with E-state index in [1.807, 2.05) is 58.0 Å². The Hall–Kier alpha value is -5.73. The van der Waals surface area contributed by atoms with Crippen molar-refractivity contribution in [3.8, 4) is 11.1 Å². The van der Waals surface area contributed by atoms with Gasteiger partial charge in [-0.15, -0.1) is 0 Å². The van der Waals surface area contributed by atoms with Crippen LogP contribution in [0, 0.1) is 17.7 Å². The van der Waals surface area contributed by atoms with Crippen LogP contribution in [0.3, 0.4) is 0 Å². The van der Waals surface area contributed by atoms with Crippen molar-refractivity contribution in [3.63, 3.8) is 0 Å². The highest BCUT2D eigenvalue weighted by atomic mass is 19.1. The van der Waals surface area contributed by atoms with Crippen LogP contribution in [-0.4, -0.2) is 93.1 Å². The lowest BCUT2D eigenvalue weighted by molar-refractivity contribution is -0.136. The highest BCUT2D eigenvalue weighted by Crippen LogP contribution is 2.37. The average molecular weight is 755 g/mol. The minimum Gasteiger partial charge on any atom is -0.453 e. The number of carbonyl (C=O) groups excluding carboxylic acids is 4. The maximum Gasteiger partial charge on any atom is 0.407 e. The summed E-state index contributed by atoms with van der Waals surface area (Å²) in [6, 6.07) is 10.7. The molecule has 55 heavy (non-hydrogen) atoms. The topological polar surface area (TPSA) is 175 Å². The van der Waals surface area contributed by atoms with E-state index in [1.165, 1.54) is 20.3 Å². The van der Waals surface area contributed by atoms with Crippen molar-refractivity contribution in [2.24, 2.45) is 11.8 Å². The van der Waals surface area contributed by atoms with Crippen molar-refractivity contribution in [3.05, 3.63) is 59.9 Å². The number of hydrogen-bond acceptors (Lipinski definition) is 8. The molecule has 4 N–H and O–H groups in total. The van der Waals surface area contributed by atoms with Gasteiger partial charge in [0.05, 0.1) is 48.4 Å². The van der Waals surface area contributed by atoms with Gasteiger partial charge in [-0.1, -0.05) is 45.9 Å². The number of benzene rings is 3. The van der Waals surface area contributed by atoms with Crippen LogP contribution in [0.1, 0.15) is 77.1 Å². The van der Waals surface area contributed by atoms with Crippen LogP contribution in [-0.2, 0) is 19.1 Å². The van der Waals surface area contributed by atoms with E-state index in [0.717, 1.165) is 41.1 Å². The van der Waals surface area contributed by atoms with Crippen molar-refractivity contribution in [2.45, 2.75) is 77.5 Å². The molecule has 5 aromatic rings. The number of ether oxygens (including phenoxy) is 2. The number of hydrogen-bond donors (Lipinski definition) is 4. The Morgan fingerprint density at radius 2 is 1.33 bits per heavy atom. The van der Waals surface area contributed by atoms with E-state index < -0.39 is 30.1 Å². The van der Waals surface area contributed by atoms with Gasteiger partial charge in [-0.25, -0.2) is 23.9 Å². The lowest BCUT2D eigenvalue weighted by atomic mass is 9.99. The van der Waals surface area contributed by atoms with Crippen LogP contribution in [0.15, 0.2) is 42.5 Å². The largest absolute Gasteiger partial charge is 0.453 e. The molecule has 3 aromatic carbocycles. The molecule has 0 spiro atoms. The Kier molecular flexibility index (Phi) is 10.4. The Balaban J connectivity index is 1.15. The number of carbonyl (C=O) groups is 4. The fourth-order valence-corrected chi connectivity index (χ4v) is 7.97. The highest BCUT2D eigenvalue weighted by molar-refractivity contribution is 6.05. The first-order valence-corrected chi connectivity index (χ1v) is 18.8. The molecule has 0 saturated carbocycles. The number of methoxy groups -OCH3 is 2. The molecule has 7 rings (SSSR count). The minimum absolute atomic E-state index is 0.142. The number of amides is 4. The zero-order valence-electron chi connectivity index (χ0n) is 31.9. The Morgan fingerprint density at radius 1 is 0.764 bits per heavy atom. The second kappa shape index (κ2) is 15.2. The Bertz CT molecular complexity index is 2280. The number of nitrogens with one attached hydrogen (secondary N) is 4. The van der Waals surface area contributed by atoms with Crippen LogP contribution in [0.5, 0.6) is 0 Å². The van der Waals surface area contributed by atoms with Gasteiger partial charge in [0.1, 0.15) is 29.5 Å². The zero-order valence-corrected chi connectivity index (χ0v) is 31.9. The zero-order chi connectivity index (χ0) is 39.1. The van der Waals surface area contributed by atoms with Crippen LogP contribution >= 0.6 is 0 Å². The summed E-state index contributed by atoms with van der Waals surface area (Å²) in [6.45, 7) is 8.55. The fraction of sp³-hybridized carbons (Fsp3) is 0.450. The number of likely N-dealkylation sites (tertiary alicyclic amines) is 2. The van der Waals surface area contributed by atoms with Crippen LogP contribution in [0.4, 0.5) is 14.0 Å². The molecule has 4 heterocycles. The van der Waals surface area contributed by atoms with Crippen molar-refractivity contribution >= 4 is 56.8 Å². The summed E-state index contributed by atoms with van der Waals surface area (Å²) in [7, 11) is 2.54. The monoisotopic (exact) mass is 754 g/mol. The second-order valence-corrected chi connectivity index (χ2v) is 15.1. The van der Waals surface area contributed by atoms with E-state index in [0.29, 0.717) is 53.3 Å². The first kappa shape index (κ1) is 37.6. The maximum atomic E-state index is 15.8. The molecule has 0 unspecified atom stereocenters. The summed E-state index contributed by atoms with van der Waals surface area (Å²) in [6.07, 6.45) is 1.66. The number of imidazole rings is 2. The fourth-order valence-electron chi connectivity index (χ4n) is 7.97. The third kappa shape index (κ3) is 7.14. The van der Waals surface area contributed by atoms with Gasteiger partial charge in [0.2, 0.25) is 11.8 Å². The van der Waals surface area contributed by atoms with Gasteiger partial charge in [-0.3, -0.25) is 9.59 Å². The van der Waals surface area contributed by atoms with Crippen molar-refractivity contribution < 1.29 is 33.0 Å². The van der Waals surface area contributed by atoms with Crippen LogP contribution in [0.25, 0.3) is 44.0 Å². The molecule has 4 amide bonds. The summed E-state index contributed by atoms with van der Waals surface area (Å²) in [5, 5.41) is 7.13. The number of fused-ring (bicyclic) bond motifs is 4. The van der Waals surface area contributed by atoms with E-state index in [1.54, 1.807) is 15.9 Å². The van der Waals surface area contributed by atoms with E-state index in [2.05, 4.69) is 20.6 Å². The SMILES string of the molecule is COC(=O)N[C@H](C(=O)N1CCC[C@H]1c1nc2cc(F)c(-c3ccc4c(ccc5nc([C@@H]6CCCN6C(=O)[C@@H](NC(=O)OC)C(C)C)[nH]c54)c3)cc2[nH]1)C(C)C. The number of rotatable bonds is 9. The van der Waals surface area contributed by atoms with Crippen LogP contribution in [0.2, 0.25) is 0 Å². The Morgan fingerprint density at radius 3 is 1.89 bits per heavy atom. The summed E-state index contributed by atoms with van der Waals surface area (Å²) in [4.78, 5) is 71.3. The quantitative estimate of drug-likeness (QED) is 0.132.